The molecule has 0 saturated carbocycles. The van der Waals surface area contributed by atoms with Crippen molar-refractivity contribution in [2.75, 3.05) is 12.4 Å². The second-order valence-electron chi connectivity index (χ2n) is 4.14. The summed E-state index contributed by atoms with van der Waals surface area (Å²) >= 11 is 1.05. The van der Waals surface area contributed by atoms with Crippen LogP contribution in [-0.4, -0.2) is 33.1 Å². The van der Waals surface area contributed by atoms with Crippen molar-refractivity contribution in [1.29, 1.82) is 0 Å². The average molecular weight is 339 g/mol. The van der Waals surface area contributed by atoms with E-state index in [0.29, 0.717) is 5.01 Å². The first-order chi connectivity index (χ1) is 10.9. The van der Waals surface area contributed by atoms with Crippen LogP contribution in [0, 0.1) is 20.2 Å². The number of carbonyl (C=O) groups excluding carboxylic acids is 1. The molecule has 1 N–H and O–H groups in total. The van der Waals surface area contributed by atoms with Crippen molar-refractivity contribution in [3.8, 4) is 0 Å². The monoisotopic (exact) mass is 339 g/mol. The molecular formula is C11H9N5O6S. The van der Waals surface area contributed by atoms with E-state index < -0.39 is 27.1 Å². The lowest BCUT2D eigenvalue weighted by Gasteiger charge is -2.01. The van der Waals surface area contributed by atoms with Crippen LogP contribution in [0.3, 0.4) is 0 Å². The Balaban J connectivity index is 2.26. The number of hydrogen-bond acceptors (Lipinski definition) is 9. The fraction of sp³-hybridized carbons (Fsp3) is 0.182. The lowest BCUT2D eigenvalue weighted by molar-refractivity contribution is -0.394. The number of nitro benzene ring substituents is 2. The third-order valence-corrected chi connectivity index (χ3v) is 3.35. The summed E-state index contributed by atoms with van der Waals surface area (Å²) in [6.45, 7) is 0.218. The standard InChI is InChI=1S/C11H9N5O6S/c1-22-5-9-13-14-11(23-9)12-10(17)6-2-7(15(18)19)4-8(3-6)16(20)21/h2-4H,5H2,1H3,(H,12,14,17). The minimum absolute atomic E-state index is 0.149. The Morgan fingerprint density at radius 2 is 1.83 bits per heavy atom. The van der Waals surface area contributed by atoms with Crippen molar-refractivity contribution in [3.63, 3.8) is 0 Å². The zero-order chi connectivity index (χ0) is 17.0. The van der Waals surface area contributed by atoms with Crippen LogP contribution in [0.15, 0.2) is 18.2 Å². The number of hydrogen-bond donors (Lipinski definition) is 1. The molecule has 2 aromatic rings. The summed E-state index contributed by atoms with van der Waals surface area (Å²) in [5.41, 5.74) is -1.34. The molecule has 0 bridgehead atoms. The Bertz CT molecular complexity index is 744. The van der Waals surface area contributed by atoms with Crippen molar-refractivity contribution >= 4 is 33.8 Å². The molecule has 0 unspecified atom stereocenters. The number of anilines is 1. The summed E-state index contributed by atoms with van der Waals surface area (Å²) < 4.78 is 4.86. The molecule has 0 fully saturated rings. The Morgan fingerprint density at radius 1 is 1.22 bits per heavy atom. The van der Waals surface area contributed by atoms with Gasteiger partial charge < -0.3 is 4.74 Å². The van der Waals surface area contributed by atoms with E-state index in [-0.39, 0.29) is 17.3 Å². The average Bonchev–Trinajstić information content (AvgIpc) is 2.94. The number of amides is 1. The number of nitro groups is 2. The van der Waals surface area contributed by atoms with Gasteiger partial charge in [-0.2, -0.15) is 0 Å². The highest BCUT2D eigenvalue weighted by Gasteiger charge is 2.20. The fourth-order valence-electron chi connectivity index (χ4n) is 1.59. The number of benzene rings is 1. The number of ether oxygens (including phenoxy) is 1. The molecule has 0 aliphatic carbocycles. The molecule has 12 heteroatoms. The molecular weight excluding hydrogens is 330 g/mol. The highest BCUT2D eigenvalue weighted by Crippen LogP contribution is 2.24. The molecule has 120 valence electrons. The molecule has 1 amide bonds. The Morgan fingerprint density at radius 3 is 2.35 bits per heavy atom. The molecule has 2 rings (SSSR count). The number of aromatic nitrogens is 2. The minimum atomic E-state index is -0.814. The number of rotatable bonds is 6. The van der Waals surface area contributed by atoms with Gasteiger partial charge in [0.15, 0.2) is 0 Å². The Labute approximate surface area is 132 Å². The van der Waals surface area contributed by atoms with Gasteiger partial charge in [0.25, 0.3) is 17.3 Å². The molecule has 23 heavy (non-hydrogen) atoms. The van der Waals surface area contributed by atoms with Crippen LogP contribution in [0.1, 0.15) is 15.4 Å². The van der Waals surface area contributed by atoms with Gasteiger partial charge in [0, 0.05) is 19.2 Å². The summed E-state index contributed by atoms with van der Waals surface area (Å²) in [7, 11) is 1.47. The van der Waals surface area contributed by atoms with E-state index in [9.17, 15) is 25.0 Å². The summed E-state index contributed by atoms with van der Waals surface area (Å²) in [4.78, 5) is 32.1. The molecule has 1 aromatic carbocycles. The van der Waals surface area contributed by atoms with Crippen LogP contribution in [-0.2, 0) is 11.3 Å². The highest BCUT2D eigenvalue weighted by molar-refractivity contribution is 7.15. The van der Waals surface area contributed by atoms with Crippen molar-refractivity contribution in [3.05, 3.63) is 49.0 Å². The van der Waals surface area contributed by atoms with E-state index in [0.717, 1.165) is 29.5 Å². The second-order valence-corrected chi connectivity index (χ2v) is 5.20. The largest absolute Gasteiger partial charge is 0.377 e. The van der Waals surface area contributed by atoms with E-state index in [1.165, 1.54) is 7.11 Å². The maximum Gasteiger partial charge on any atom is 0.277 e. The first-order valence-electron chi connectivity index (χ1n) is 5.97. The lowest BCUT2D eigenvalue weighted by atomic mass is 10.1. The quantitative estimate of drug-likeness (QED) is 0.617. The van der Waals surface area contributed by atoms with Crippen LogP contribution in [0.5, 0.6) is 0 Å². The van der Waals surface area contributed by atoms with Gasteiger partial charge in [-0.25, -0.2) is 0 Å². The highest BCUT2D eigenvalue weighted by atomic mass is 32.1. The van der Waals surface area contributed by atoms with Crippen LogP contribution in [0.4, 0.5) is 16.5 Å². The van der Waals surface area contributed by atoms with Crippen molar-refractivity contribution in [2.45, 2.75) is 6.61 Å². The molecule has 11 nitrogen and oxygen atoms in total. The van der Waals surface area contributed by atoms with Gasteiger partial charge >= 0.3 is 0 Å². The van der Waals surface area contributed by atoms with Crippen molar-refractivity contribution < 1.29 is 19.4 Å². The van der Waals surface area contributed by atoms with Crippen LogP contribution in [0.25, 0.3) is 0 Å². The van der Waals surface area contributed by atoms with Crippen LogP contribution < -0.4 is 5.32 Å². The van der Waals surface area contributed by atoms with E-state index in [4.69, 9.17) is 4.74 Å². The number of non-ortho nitro benzene ring substituents is 2. The van der Waals surface area contributed by atoms with E-state index in [1.54, 1.807) is 0 Å². The van der Waals surface area contributed by atoms with Gasteiger partial charge in [0.2, 0.25) is 5.13 Å². The number of carbonyl (C=O) groups is 1. The van der Waals surface area contributed by atoms with Crippen molar-refractivity contribution in [1.82, 2.24) is 10.2 Å². The number of nitrogens with one attached hydrogen (secondary N) is 1. The smallest absolute Gasteiger partial charge is 0.277 e. The zero-order valence-corrected chi connectivity index (χ0v) is 12.4. The predicted molar refractivity (Wildman–Crippen MR) is 78.3 cm³/mol. The van der Waals surface area contributed by atoms with E-state index in [2.05, 4.69) is 15.5 Å². The summed E-state index contributed by atoms with van der Waals surface area (Å²) in [5, 5.41) is 32.1. The summed E-state index contributed by atoms with van der Waals surface area (Å²) in [5.74, 6) is -0.767. The third kappa shape index (κ3) is 4.02. The van der Waals surface area contributed by atoms with Gasteiger partial charge in [0.1, 0.15) is 11.6 Å². The molecule has 1 heterocycles. The maximum atomic E-state index is 12.1. The van der Waals surface area contributed by atoms with Crippen LogP contribution in [0.2, 0.25) is 0 Å². The molecule has 1 aromatic heterocycles. The Kier molecular flexibility index (Phi) is 4.88. The van der Waals surface area contributed by atoms with E-state index in [1.807, 2.05) is 0 Å². The summed E-state index contributed by atoms with van der Waals surface area (Å²) in [6, 6.07) is 2.66. The third-order valence-electron chi connectivity index (χ3n) is 2.54. The van der Waals surface area contributed by atoms with E-state index >= 15 is 0 Å². The molecule has 0 saturated heterocycles. The topological polar surface area (TPSA) is 150 Å². The number of methoxy groups -OCH3 is 1. The van der Waals surface area contributed by atoms with Gasteiger partial charge in [0.05, 0.1) is 21.5 Å². The number of nitrogens with zero attached hydrogens (tertiary/aromatic N) is 4. The van der Waals surface area contributed by atoms with Crippen LogP contribution >= 0.6 is 11.3 Å². The molecule has 0 atom stereocenters. The molecule has 0 radical (unpaired) electrons. The minimum Gasteiger partial charge on any atom is -0.377 e. The van der Waals surface area contributed by atoms with Gasteiger partial charge in [-0.05, 0) is 0 Å². The first-order valence-corrected chi connectivity index (χ1v) is 6.79. The van der Waals surface area contributed by atoms with Gasteiger partial charge in [-0.1, -0.05) is 11.3 Å². The fourth-order valence-corrected chi connectivity index (χ4v) is 2.30. The second kappa shape index (κ2) is 6.85. The summed E-state index contributed by atoms with van der Waals surface area (Å²) in [6.07, 6.45) is 0. The Hall–Kier alpha value is -2.99. The SMILES string of the molecule is COCc1nnc(NC(=O)c2cc([N+](=O)[O-])cc([N+](=O)[O-])c2)s1. The zero-order valence-electron chi connectivity index (χ0n) is 11.6. The lowest BCUT2D eigenvalue weighted by Crippen LogP contribution is -2.12. The van der Waals surface area contributed by atoms with Gasteiger partial charge in [-0.15, -0.1) is 10.2 Å². The molecule has 0 spiro atoms. The maximum absolute atomic E-state index is 12.1. The van der Waals surface area contributed by atoms with Gasteiger partial charge in [-0.3, -0.25) is 30.3 Å². The molecule has 0 aliphatic rings. The normalized spacial score (nSPS) is 10.3. The predicted octanol–water partition coefficient (Wildman–Crippen LogP) is 1.75. The van der Waals surface area contributed by atoms with Crippen molar-refractivity contribution in [2.24, 2.45) is 0 Å². The molecule has 0 aliphatic heterocycles. The first kappa shape index (κ1) is 16.4.